The van der Waals surface area contributed by atoms with Crippen LogP contribution in [0.25, 0.3) is 0 Å². The second kappa shape index (κ2) is 6.44. The van der Waals surface area contributed by atoms with E-state index < -0.39 is 0 Å². The Hall–Kier alpha value is -0.610. The normalized spacial score (nSPS) is 33.9. The molecular formula is C16H29N3O. The van der Waals surface area contributed by atoms with Gasteiger partial charge in [0.1, 0.15) is 0 Å². The van der Waals surface area contributed by atoms with Crippen LogP contribution in [0.2, 0.25) is 0 Å². The van der Waals surface area contributed by atoms with Crippen LogP contribution < -0.4 is 5.73 Å². The molecule has 0 bridgehead atoms. The van der Waals surface area contributed by atoms with Gasteiger partial charge in [-0.05, 0) is 50.6 Å². The lowest BCUT2D eigenvalue weighted by atomic mass is 10.0. The number of fused-ring (bicyclic) bond motifs is 1. The maximum absolute atomic E-state index is 12.6. The topological polar surface area (TPSA) is 49.6 Å². The van der Waals surface area contributed by atoms with E-state index in [9.17, 15) is 4.79 Å². The Kier molecular flexibility index (Phi) is 4.61. The lowest BCUT2D eigenvalue weighted by molar-refractivity contribution is -0.135. The van der Waals surface area contributed by atoms with E-state index in [1.54, 1.807) is 0 Å². The van der Waals surface area contributed by atoms with Crippen molar-refractivity contribution < 1.29 is 4.79 Å². The second-order valence-electron chi connectivity index (χ2n) is 6.80. The van der Waals surface area contributed by atoms with Crippen LogP contribution in [0.15, 0.2) is 0 Å². The van der Waals surface area contributed by atoms with Crippen molar-refractivity contribution in [2.45, 2.75) is 38.5 Å². The van der Waals surface area contributed by atoms with E-state index in [4.69, 9.17) is 5.73 Å². The van der Waals surface area contributed by atoms with Gasteiger partial charge in [0.25, 0.3) is 0 Å². The van der Waals surface area contributed by atoms with Gasteiger partial charge in [0.2, 0.25) is 5.91 Å². The van der Waals surface area contributed by atoms with Crippen molar-refractivity contribution in [3.63, 3.8) is 0 Å². The van der Waals surface area contributed by atoms with E-state index in [0.717, 1.165) is 57.5 Å². The van der Waals surface area contributed by atoms with Gasteiger partial charge in [-0.1, -0.05) is 12.8 Å². The van der Waals surface area contributed by atoms with Crippen LogP contribution in [-0.2, 0) is 4.79 Å². The van der Waals surface area contributed by atoms with Crippen molar-refractivity contribution in [2.75, 3.05) is 39.3 Å². The SMILES string of the molecule is NCCCCN1CCN(C(=O)C2C3CCCCC32)CC1. The molecule has 1 aliphatic heterocycles. The highest BCUT2D eigenvalue weighted by Gasteiger charge is 2.55. The molecule has 1 heterocycles. The van der Waals surface area contributed by atoms with Gasteiger partial charge in [-0.25, -0.2) is 0 Å². The minimum atomic E-state index is 0.404. The highest BCUT2D eigenvalue weighted by Crippen LogP contribution is 2.56. The molecule has 2 unspecified atom stereocenters. The van der Waals surface area contributed by atoms with Crippen LogP contribution in [0.5, 0.6) is 0 Å². The summed E-state index contributed by atoms with van der Waals surface area (Å²) >= 11 is 0. The molecule has 0 aromatic heterocycles. The highest BCUT2D eigenvalue weighted by atomic mass is 16.2. The summed E-state index contributed by atoms with van der Waals surface area (Å²) in [6.07, 6.45) is 7.61. The quantitative estimate of drug-likeness (QED) is 0.772. The van der Waals surface area contributed by atoms with Gasteiger partial charge in [0.05, 0.1) is 0 Å². The molecule has 114 valence electrons. The lowest BCUT2D eigenvalue weighted by Gasteiger charge is -2.35. The molecule has 4 heteroatoms. The number of amides is 1. The number of carbonyl (C=O) groups is 1. The Bertz CT molecular complexity index is 327. The summed E-state index contributed by atoms with van der Waals surface area (Å²) in [5.41, 5.74) is 5.53. The fourth-order valence-electron chi connectivity index (χ4n) is 4.24. The minimum Gasteiger partial charge on any atom is -0.340 e. The molecule has 3 fully saturated rings. The van der Waals surface area contributed by atoms with Gasteiger partial charge in [0.15, 0.2) is 0 Å². The van der Waals surface area contributed by atoms with Crippen LogP contribution in [0.4, 0.5) is 0 Å². The molecule has 0 spiro atoms. The average molecular weight is 279 g/mol. The molecule has 2 saturated carbocycles. The van der Waals surface area contributed by atoms with Crippen molar-refractivity contribution in [3.8, 4) is 0 Å². The van der Waals surface area contributed by atoms with Crippen LogP contribution in [0.1, 0.15) is 38.5 Å². The number of nitrogens with two attached hydrogens (primary N) is 1. The summed E-state index contributed by atoms with van der Waals surface area (Å²) in [5, 5.41) is 0. The smallest absolute Gasteiger partial charge is 0.226 e. The van der Waals surface area contributed by atoms with E-state index >= 15 is 0 Å². The second-order valence-corrected chi connectivity index (χ2v) is 6.80. The van der Waals surface area contributed by atoms with Gasteiger partial charge >= 0.3 is 0 Å². The highest BCUT2D eigenvalue weighted by molar-refractivity contribution is 5.82. The first kappa shape index (κ1) is 14.3. The molecule has 0 radical (unpaired) electrons. The third-order valence-corrected chi connectivity index (χ3v) is 5.55. The number of hydrogen-bond donors (Lipinski definition) is 1. The van der Waals surface area contributed by atoms with Crippen LogP contribution in [-0.4, -0.2) is 55.0 Å². The van der Waals surface area contributed by atoms with Crippen LogP contribution >= 0.6 is 0 Å². The largest absolute Gasteiger partial charge is 0.340 e. The predicted octanol–water partition coefficient (Wildman–Crippen LogP) is 1.31. The first-order valence-corrected chi connectivity index (χ1v) is 8.52. The monoisotopic (exact) mass is 279 g/mol. The minimum absolute atomic E-state index is 0.404. The zero-order chi connectivity index (χ0) is 13.9. The fourth-order valence-corrected chi connectivity index (χ4v) is 4.24. The Morgan fingerprint density at radius 3 is 2.25 bits per heavy atom. The molecule has 3 aliphatic rings. The molecule has 2 aliphatic carbocycles. The van der Waals surface area contributed by atoms with E-state index in [0.29, 0.717) is 11.8 Å². The van der Waals surface area contributed by atoms with Crippen molar-refractivity contribution in [1.82, 2.24) is 9.80 Å². The molecule has 0 aromatic carbocycles. The maximum Gasteiger partial charge on any atom is 0.226 e. The predicted molar refractivity (Wildman–Crippen MR) is 80.2 cm³/mol. The van der Waals surface area contributed by atoms with Crippen molar-refractivity contribution in [1.29, 1.82) is 0 Å². The Morgan fingerprint density at radius 2 is 1.65 bits per heavy atom. The lowest BCUT2D eigenvalue weighted by Crippen LogP contribution is -2.49. The summed E-state index contributed by atoms with van der Waals surface area (Å²) in [6.45, 7) is 5.93. The molecule has 2 atom stereocenters. The number of unbranched alkanes of at least 4 members (excludes halogenated alkanes) is 1. The molecule has 20 heavy (non-hydrogen) atoms. The number of nitrogens with zero attached hydrogens (tertiary/aromatic N) is 2. The third-order valence-electron chi connectivity index (χ3n) is 5.55. The van der Waals surface area contributed by atoms with Gasteiger partial charge in [-0.15, -0.1) is 0 Å². The van der Waals surface area contributed by atoms with Gasteiger partial charge in [-0.3, -0.25) is 9.69 Å². The number of carbonyl (C=O) groups excluding carboxylic acids is 1. The van der Waals surface area contributed by atoms with Gasteiger partial charge in [0, 0.05) is 32.1 Å². The number of rotatable bonds is 5. The summed E-state index contributed by atoms with van der Waals surface area (Å²) in [6, 6.07) is 0. The van der Waals surface area contributed by atoms with E-state index in [2.05, 4.69) is 9.80 Å². The Labute approximate surface area is 122 Å². The fraction of sp³-hybridized carbons (Fsp3) is 0.938. The van der Waals surface area contributed by atoms with E-state index in [-0.39, 0.29) is 0 Å². The first-order chi connectivity index (χ1) is 9.81. The van der Waals surface area contributed by atoms with Crippen molar-refractivity contribution in [3.05, 3.63) is 0 Å². The van der Waals surface area contributed by atoms with Crippen molar-refractivity contribution in [2.24, 2.45) is 23.5 Å². The molecular weight excluding hydrogens is 250 g/mol. The van der Waals surface area contributed by atoms with Gasteiger partial charge in [-0.2, -0.15) is 0 Å². The first-order valence-electron chi connectivity index (χ1n) is 8.52. The Morgan fingerprint density at radius 1 is 1.00 bits per heavy atom. The summed E-state index contributed by atoms with van der Waals surface area (Å²) < 4.78 is 0. The summed E-state index contributed by atoms with van der Waals surface area (Å²) in [4.78, 5) is 17.2. The molecule has 0 aromatic rings. The molecule has 3 rings (SSSR count). The van der Waals surface area contributed by atoms with E-state index in [1.807, 2.05) is 0 Å². The van der Waals surface area contributed by atoms with Crippen LogP contribution in [0.3, 0.4) is 0 Å². The molecule has 2 N–H and O–H groups in total. The summed E-state index contributed by atoms with van der Waals surface area (Å²) in [5.74, 6) is 2.38. The zero-order valence-corrected chi connectivity index (χ0v) is 12.6. The van der Waals surface area contributed by atoms with Crippen molar-refractivity contribution >= 4 is 5.91 Å². The zero-order valence-electron chi connectivity index (χ0n) is 12.6. The maximum atomic E-state index is 12.6. The standard InChI is InChI=1S/C16H29N3O/c17-7-3-4-8-18-9-11-19(12-10-18)16(20)15-13-5-1-2-6-14(13)15/h13-15H,1-12,17H2. The molecule has 1 amide bonds. The Balaban J connectivity index is 1.41. The van der Waals surface area contributed by atoms with Gasteiger partial charge < -0.3 is 10.6 Å². The van der Waals surface area contributed by atoms with Crippen LogP contribution in [0, 0.1) is 17.8 Å². The third kappa shape index (κ3) is 3.01. The molecule has 1 saturated heterocycles. The van der Waals surface area contributed by atoms with E-state index in [1.165, 1.54) is 32.1 Å². The molecule has 4 nitrogen and oxygen atoms in total. The number of piperazine rings is 1. The summed E-state index contributed by atoms with van der Waals surface area (Å²) in [7, 11) is 0. The number of hydrogen-bond acceptors (Lipinski definition) is 3. The average Bonchev–Trinajstić information content (AvgIpc) is 3.22.